The van der Waals surface area contributed by atoms with Crippen LogP contribution in [0, 0.1) is 12.7 Å². The van der Waals surface area contributed by atoms with E-state index in [2.05, 4.69) is 12.2 Å². The molecule has 1 aromatic carbocycles. The van der Waals surface area contributed by atoms with Gasteiger partial charge < -0.3 is 10.1 Å². The zero-order valence-corrected chi connectivity index (χ0v) is 11.7. The predicted octanol–water partition coefficient (Wildman–Crippen LogP) is 3.87. The zero-order valence-electron chi connectivity index (χ0n) is 11.7. The van der Waals surface area contributed by atoms with Gasteiger partial charge in [0.05, 0.1) is 18.9 Å². The van der Waals surface area contributed by atoms with Crippen molar-refractivity contribution in [2.24, 2.45) is 0 Å². The molecule has 0 radical (unpaired) electrons. The number of halogens is 1. The molecule has 1 aromatic rings. The maximum Gasteiger partial charge on any atom is 0.126 e. The monoisotopic (exact) mass is 263 g/mol. The molecule has 1 aliphatic rings. The van der Waals surface area contributed by atoms with Crippen molar-refractivity contribution in [2.75, 3.05) is 13.2 Å². The Labute approximate surface area is 114 Å². The quantitative estimate of drug-likeness (QED) is 0.870. The van der Waals surface area contributed by atoms with E-state index in [0.29, 0.717) is 5.56 Å². The molecule has 3 heteroatoms. The summed E-state index contributed by atoms with van der Waals surface area (Å²) in [4.78, 5) is 0. The third kappa shape index (κ3) is 3.57. The fraction of sp³-hybridized carbons (Fsp3) is 0.500. The van der Waals surface area contributed by atoms with Crippen molar-refractivity contribution >= 4 is 0 Å². The summed E-state index contributed by atoms with van der Waals surface area (Å²) in [5.74, 6) is -0.141. The molecule has 0 amide bonds. The van der Waals surface area contributed by atoms with Gasteiger partial charge in [-0.15, -0.1) is 0 Å². The summed E-state index contributed by atoms with van der Waals surface area (Å²) in [6.45, 7) is 5.62. The van der Waals surface area contributed by atoms with Crippen LogP contribution in [0.5, 0.6) is 0 Å². The lowest BCUT2D eigenvalue weighted by molar-refractivity contribution is 0.219. The van der Waals surface area contributed by atoms with Crippen LogP contribution in [0.1, 0.15) is 43.4 Å². The molecule has 0 aliphatic carbocycles. The van der Waals surface area contributed by atoms with Gasteiger partial charge in [-0.1, -0.05) is 19.1 Å². The second-order valence-corrected chi connectivity index (χ2v) is 5.06. The molecular weight excluding hydrogens is 241 g/mol. The summed E-state index contributed by atoms with van der Waals surface area (Å²) in [6, 6.07) is 5.55. The molecule has 2 rings (SSSR count). The van der Waals surface area contributed by atoms with Gasteiger partial charge in [0.2, 0.25) is 0 Å². The van der Waals surface area contributed by atoms with Crippen molar-refractivity contribution in [2.45, 2.75) is 39.2 Å². The average Bonchev–Trinajstić information content (AvgIpc) is 2.44. The zero-order chi connectivity index (χ0) is 13.7. The minimum atomic E-state index is -0.141. The molecule has 0 fully saturated rings. The van der Waals surface area contributed by atoms with E-state index in [1.54, 1.807) is 13.0 Å². The molecule has 0 saturated heterocycles. The van der Waals surface area contributed by atoms with Gasteiger partial charge in [0.25, 0.3) is 0 Å². The summed E-state index contributed by atoms with van der Waals surface area (Å²) in [5.41, 5.74) is 2.88. The first-order valence-corrected chi connectivity index (χ1v) is 7.02. The van der Waals surface area contributed by atoms with Crippen molar-refractivity contribution in [1.82, 2.24) is 5.32 Å². The van der Waals surface area contributed by atoms with E-state index in [-0.39, 0.29) is 11.9 Å². The lowest BCUT2D eigenvalue weighted by Gasteiger charge is -2.25. The normalized spacial score (nSPS) is 16.7. The fourth-order valence-electron chi connectivity index (χ4n) is 2.34. The molecule has 1 N–H and O–H groups in total. The number of ether oxygens (including phenoxy) is 1. The van der Waals surface area contributed by atoms with E-state index in [1.807, 2.05) is 18.4 Å². The number of nitrogens with one attached hydrogen (secondary N) is 1. The van der Waals surface area contributed by atoms with E-state index in [1.165, 1.54) is 5.57 Å². The second-order valence-electron chi connectivity index (χ2n) is 5.06. The molecule has 0 bridgehead atoms. The van der Waals surface area contributed by atoms with Gasteiger partial charge in [0.15, 0.2) is 0 Å². The first-order chi connectivity index (χ1) is 9.22. The van der Waals surface area contributed by atoms with Crippen LogP contribution in [0.4, 0.5) is 4.39 Å². The van der Waals surface area contributed by atoms with E-state index >= 15 is 0 Å². The Balaban J connectivity index is 2.25. The van der Waals surface area contributed by atoms with E-state index in [0.717, 1.165) is 38.0 Å². The van der Waals surface area contributed by atoms with Gasteiger partial charge in [0.1, 0.15) is 5.82 Å². The van der Waals surface area contributed by atoms with Gasteiger partial charge >= 0.3 is 0 Å². The Morgan fingerprint density at radius 3 is 2.89 bits per heavy atom. The summed E-state index contributed by atoms with van der Waals surface area (Å²) in [6.07, 6.45) is 4.94. The SMILES string of the molecule is CCCNC(C1=COCCC1)c1ccc(C)c(F)c1. The number of hydrogen-bond donors (Lipinski definition) is 1. The Morgan fingerprint density at radius 2 is 2.26 bits per heavy atom. The van der Waals surface area contributed by atoms with Crippen molar-refractivity contribution in [1.29, 1.82) is 0 Å². The average molecular weight is 263 g/mol. The van der Waals surface area contributed by atoms with Crippen LogP contribution in [0.3, 0.4) is 0 Å². The number of rotatable bonds is 5. The maximum atomic E-state index is 13.8. The lowest BCUT2D eigenvalue weighted by Crippen LogP contribution is -2.25. The molecule has 1 heterocycles. The molecule has 19 heavy (non-hydrogen) atoms. The van der Waals surface area contributed by atoms with Crippen LogP contribution in [0.2, 0.25) is 0 Å². The van der Waals surface area contributed by atoms with Gasteiger partial charge in [0, 0.05) is 0 Å². The number of aryl methyl sites for hydroxylation is 1. The third-order valence-electron chi connectivity index (χ3n) is 3.46. The smallest absolute Gasteiger partial charge is 0.126 e. The highest BCUT2D eigenvalue weighted by molar-refractivity contribution is 5.31. The van der Waals surface area contributed by atoms with Crippen molar-refractivity contribution < 1.29 is 9.13 Å². The number of benzene rings is 1. The van der Waals surface area contributed by atoms with Crippen LogP contribution in [-0.4, -0.2) is 13.2 Å². The molecule has 0 spiro atoms. The highest BCUT2D eigenvalue weighted by atomic mass is 19.1. The van der Waals surface area contributed by atoms with E-state index < -0.39 is 0 Å². The highest BCUT2D eigenvalue weighted by Crippen LogP contribution is 2.28. The summed E-state index contributed by atoms with van der Waals surface area (Å²) < 4.78 is 19.2. The Bertz CT molecular complexity index is 456. The molecular formula is C16H22FNO. The van der Waals surface area contributed by atoms with Gasteiger partial charge in [-0.25, -0.2) is 4.39 Å². The van der Waals surface area contributed by atoms with Crippen LogP contribution < -0.4 is 5.32 Å². The molecule has 0 aromatic heterocycles. The molecule has 104 valence electrons. The van der Waals surface area contributed by atoms with Gasteiger partial charge in [-0.05, 0) is 55.5 Å². The lowest BCUT2D eigenvalue weighted by atomic mass is 9.94. The van der Waals surface area contributed by atoms with E-state index in [9.17, 15) is 4.39 Å². The van der Waals surface area contributed by atoms with Crippen molar-refractivity contribution in [3.63, 3.8) is 0 Å². The fourth-order valence-corrected chi connectivity index (χ4v) is 2.34. The maximum absolute atomic E-state index is 13.8. The minimum absolute atomic E-state index is 0.0651. The van der Waals surface area contributed by atoms with Crippen LogP contribution in [0.15, 0.2) is 30.0 Å². The molecule has 1 aliphatic heterocycles. The first-order valence-electron chi connectivity index (χ1n) is 7.02. The summed E-state index contributed by atoms with van der Waals surface area (Å²) in [7, 11) is 0. The highest BCUT2D eigenvalue weighted by Gasteiger charge is 2.19. The van der Waals surface area contributed by atoms with E-state index in [4.69, 9.17) is 4.74 Å². The van der Waals surface area contributed by atoms with Crippen LogP contribution in [0.25, 0.3) is 0 Å². The Kier molecular flexibility index (Phi) is 4.97. The second kappa shape index (κ2) is 6.71. The third-order valence-corrected chi connectivity index (χ3v) is 3.46. The Hall–Kier alpha value is -1.35. The molecule has 2 nitrogen and oxygen atoms in total. The standard InChI is InChI=1S/C16H22FNO/c1-3-8-18-16(14-5-4-9-19-11-14)13-7-6-12(2)15(17)10-13/h6-7,10-11,16,18H,3-5,8-9H2,1-2H3. The van der Waals surface area contributed by atoms with Crippen LogP contribution in [-0.2, 0) is 4.74 Å². The first kappa shape index (κ1) is 14.1. The predicted molar refractivity (Wildman–Crippen MR) is 75.4 cm³/mol. The molecule has 1 atom stereocenters. The summed E-state index contributed by atoms with van der Waals surface area (Å²) >= 11 is 0. The largest absolute Gasteiger partial charge is 0.501 e. The molecule has 1 unspecified atom stereocenters. The molecule has 0 saturated carbocycles. The van der Waals surface area contributed by atoms with Crippen molar-refractivity contribution in [3.8, 4) is 0 Å². The van der Waals surface area contributed by atoms with Gasteiger partial charge in [-0.2, -0.15) is 0 Å². The number of hydrogen-bond acceptors (Lipinski definition) is 2. The van der Waals surface area contributed by atoms with Gasteiger partial charge in [-0.3, -0.25) is 0 Å². The van der Waals surface area contributed by atoms with Crippen molar-refractivity contribution in [3.05, 3.63) is 47.0 Å². The van der Waals surface area contributed by atoms with Crippen LogP contribution >= 0.6 is 0 Å². The summed E-state index contributed by atoms with van der Waals surface area (Å²) in [5, 5.41) is 3.49. The minimum Gasteiger partial charge on any atom is -0.501 e. The Morgan fingerprint density at radius 1 is 1.42 bits per heavy atom. The topological polar surface area (TPSA) is 21.3 Å².